The van der Waals surface area contributed by atoms with Crippen molar-refractivity contribution in [2.24, 2.45) is 16.7 Å². The summed E-state index contributed by atoms with van der Waals surface area (Å²) in [5.41, 5.74) is 2.71. The van der Waals surface area contributed by atoms with Gasteiger partial charge in [0.15, 0.2) is 0 Å². The molecule has 2 saturated heterocycles. The van der Waals surface area contributed by atoms with Crippen LogP contribution >= 0.6 is 11.6 Å². The lowest BCUT2D eigenvalue weighted by molar-refractivity contribution is -0.164. The van der Waals surface area contributed by atoms with E-state index in [-0.39, 0.29) is 36.5 Å². The minimum atomic E-state index is -0.991. The standard InChI is InChI=1S/C43H44ClFN6O6/c1-42(2)40(43(3,4)41(42)57-27-7-8-32(46-5)30(44)19-27)48-36(53)24-6-9-33(31(45)18-24)50-14-12-23(13-15-50)20-49-21-25-16-28-29(17-26(25)22-49)39(56)51(38(28)55)34-10-11-35(52)47-37(34)54/h6-9,16-19,23,34,40-41H,10-15,20-22H2,1-4H3,(H,48,53)(H,47,52,54). The number of fused-ring (bicyclic) bond motifs is 2. The van der Waals surface area contributed by atoms with E-state index in [1.807, 2.05) is 32.6 Å². The number of nitrogens with zero attached hydrogens (tertiary/aromatic N) is 4. The predicted octanol–water partition coefficient (Wildman–Crippen LogP) is 6.28. The van der Waals surface area contributed by atoms with Gasteiger partial charge in [0.05, 0.1) is 28.4 Å². The Kier molecular flexibility index (Phi) is 9.64. The quantitative estimate of drug-likeness (QED) is 0.202. The maximum atomic E-state index is 15.7. The van der Waals surface area contributed by atoms with Gasteiger partial charge in [0, 0.05) is 61.6 Å². The second kappa shape index (κ2) is 14.3. The molecule has 1 saturated carbocycles. The summed E-state index contributed by atoms with van der Waals surface area (Å²) in [4.78, 5) is 72.9. The number of nitrogens with one attached hydrogen (secondary N) is 2. The van der Waals surface area contributed by atoms with Crippen LogP contribution in [-0.2, 0) is 22.7 Å². The summed E-state index contributed by atoms with van der Waals surface area (Å²) in [6.45, 7) is 18.7. The van der Waals surface area contributed by atoms with Gasteiger partial charge in [-0.2, -0.15) is 0 Å². The number of halogens is 2. The molecule has 1 aliphatic carbocycles. The Balaban J connectivity index is 0.838. The molecule has 4 aliphatic heterocycles. The minimum Gasteiger partial charge on any atom is -0.489 e. The highest BCUT2D eigenvalue weighted by atomic mass is 35.5. The van der Waals surface area contributed by atoms with Crippen molar-refractivity contribution in [3.05, 3.63) is 98.6 Å². The van der Waals surface area contributed by atoms with Crippen LogP contribution < -0.4 is 20.3 Å². The predicted molar refractivity (Wildman–Crippen MR) is 210 cm³/mol. The van der Waals surface area contributed by atoms with Crippen LogP contribution in [0.15, 0.2) is 48.5 Å². The Hall–Kier alpha value is -5.32. The van der Waals surface area contributed by atoms with E-state index >= 15 is 4.39 Å². The van der Waals surface area contributed by atoms with Crippen LogP contribution in [0.1, 0.15) is 95.6 Å². The molecule has 0 radical (unpaired) electrons. The van der Waals surface area contributed by atoms with Gasteiger partial charge in [-0.3, -0.25) is 39.1 Å². The van der Waals surface area contributed by atoms with E-state index in [2.05, 4.69) is 20.4 Å². The fourth-order valence-electron chi connectivity index (χ4n) is 10.00. The molecule has 14 heteroatoms. The van der Waals surface area contributed by atoms with Crippen LogP contribution in [0, 0.1) is 29.1 Å². The van der Waals surface area contributed by atoms with Crippen molar-refractivity contribution < 1.29 is 33.1 Å². The Labute approximate surface area is 335 Å². The number of ether oxygens (including phenoxy) is 1. The topological polar surface area (TPSA) is 133 Å². The number of benzene rings is 3. The molecule has 57 heavy (non-hydrogen) atoms. The van der Waals surface area contributed by atoms with Gasteiger partial charge < -0.3 is 15.0 Å². The largest absolute Gasteiger partial charge is 0.489 e. The van der Waals surface area contributed by atoms with Gasteiger partial charge >= 0.3 is 0 Å². The summed E-state index contributed by atoms with van der Waals surface area (Å²) in [7, 11) is 0. The smallest absolute Gasteiger partial charge is 0.262 e. The highest BCUT2D eigenvalue weighted by Gasteiger charge is 2.64. The molecule has 0 spiro atoms. The van der Waals surface area contributed by atoms with E-state index in [0.717, 1.165) is 35.4 Å². The van der Waals surface area contributed by atoms with Gasteiger partial charge in [0.25, 0.3) is 17.7 Å². The molecule has 8 rings (SSSR count). The van der Waals surface area contributed by atoms with Crippen LogP contribution in [-0.4, -0.2) is 77.2 Å². The Morgan fingerprint density at radius 1 is 0.947 bits per heavy atom. The average molecular weight is 795 g/mol. The summed E-state index contributed by atoms with van der Waals surface area (Å²) < 4.78 is 22.0. The summed E-state index contributed by atoms with van der Waals surface area (Å²) in [5.74, 6) is -1.91. The van der Waals surface area contributed by atoms with Gasteiger partial charge in [-0.15, -0.1) is 0 Å². The minimum absolute atomic E-state index is 0.0752. The fraction of sp³-hybridized carbons (Fsp3) is 0.442. The summed E-state index contributed by atoms with van der Waals surface area (Å²) in [6, 6.07) is 12.0. The van der Waals surface area contributed by atoms with Crippen LogP contribution in [0.5, 0.6) is 5.75 Å². The lowest BCUT2D eigenvalue weighted by atomic mass is 9.49. The zero-order valence-electron chi connectivity index (χ0n) is 32.3. The van der Waals surface area contributed by atoms with Gasteiger partial charge in [-0.05, 0) is 78.8 Å². The van der Waals surface area contributed by atoms with Crippen molar-refractivity contribution in [3.63, 3.8) is 0 Å². The first-order valence-electron chi connectivity index (χ1n) is 19.4. The van der Waals surface area contributed by atoms with Crippen molar-refractivity contribution in [2.45, 2.75) is 84.7 Å². The maximum Gasteiger partial charge on any atom is 0.262 e. The third kappa shape index (κ3) is 6.72. The third-order valence-electron chi connectivity index (χ3n) is 12.6. The molecule has 1 unspecified atom stereocenters. The van der Waals surface area contributed by atoms with E-state index in [9.17, 15) is 24.0 Å². The van der Waals surface area contributed by atoms with Crippen molar-refractivity contribution in [1.82, 2.24) is 20.4 Å². The number of piperidine rings is 2. The monoisotopic (exact) mass is 794 g/mol. The highest BCUT2D eigenvalue weighted by Crippen LogP contribution is 2.56. The lowest BCUT2D eigenvalue weighted by Crippen LogP contribution is -2.74. The SMILES string of the molecule is [C-]#[N+]c1ccc(OC2C(C)(C)C(NC(=O)c3ccc(N4CCC(CN5Cc6cc7c(cc6C5)C(=O)N(C5CCC(=O)NC5=O)C7=O)CC4)c(F)c3)C2(C)C)cc1Cl. The van der Waals surface area contributed by atoms with E-state index in [4.69, 9.17) is 22.9 Å². The molecule has 0 aromatic heterocycles. The number of hydrogen-bond acceptors (Lipinski definition) is 8. The van der Waals surface area contributed by atoms with Crippen molar-refractivity contribution in [1.29, 1.82) is 0 Å². The van der Waals surface area contributed by atoms with Crippen LogP contribution in [0.25, 0.3) is 4.85 Å². The van der Waals surface area contributed by atoms with Gasteiger partial charge in [-0.25, -0.2) is 9.24 Å². The molecular formula is C43H44ClFN6O6. The summed E-state index contributed by atoms with van der Waals surface area (Å²) in [5, 5.41) is 5.69. The molecule has 3 aromatic carbocycles. The Morgan fingerprint density at radius 3 is 2.18 bits per heavy atom. The molecule has 1 atom stereocenters. The van der Waals surface area contributed by atoms with E-state index in [1.54, 1.807) is 42.5 Å². The molecule has 3 fully saturated rings. The number of amides is 5. The highest BCUT2D eigenvalue weighted by molar-refractivity contribution is 6.33. The van der Waals surface area contributed by atoms with E-state index < -0.39 is 46.3 Å². The molecule has 3 aromatic rings. The molecular weight excluding hydrogens is 751 g/mol. The van der Waals surface area contributed by atoms with Crippen LogP contribution in [0.3, 0.4) is 0 Å². The van der Waals surface area contributed by atoms with Crippen LogP contribution in [0.4, 0.5) is 15.8 Å². The van der Waals surface area contributed by atoms with Crippen molar-refractivity contribution in [3.8, 4) is 5.75 Å². The zero-order chi connectivity index (χ0) is 40.6. The molecule has 5 amide bonds. The van der Waals surface area contributed by atoms with Crippen LogP contribution in [0.2, 0.25) is 5.02 Å². The van der Waals surface area contributed by atoms with E-state index in [0.29, 0.717) is 65.4 Å². The number of hydrogen-bond donors (Lipinski definition) is 2. The van der Waals surface area contributed by atoms with Crippen molar-refractivity contribution >= 4 is 52.5 Å². The Bertz CT molecular complexity index is 2220. The number of rotatable bonds is 8. The molecule has 2 N–H and O–H groups in total. The summed E-state index contributed by atoms with van der Waals surface area (Å²) >= 11 is 6.24. The lowest BCUT2D eigenvalue weighted by Gasteiger charge is -2.63. The average Bonchev–Trinajstić information content (AvgIpc) is 3.67. The first-order chi connectivity index (χ1) is 27.1. The van der Waals surface area contributed by atoms with Gasteiger partial charge in [0.2, 0.25) is 17.5 Å². The first-order valence-corrected chi connectivity index (χ1v) is 19.7. The molecule has 12 nitrogen and oxygen atoms in total. The summed E-state index contributed by atoms with van der Waals surface area (Å²) in [6.07, 6.45) is 1.65. The molecule has 0 bridgehead atoms. The van der Waals surface area contributed by atoms with Gasteiger partial charge in [0.1, 0.15) is 23.7 Å². The number of carbonyl (C=O) groups excluding carboxylic acids is 5. The number of anilines is 1. The van der Waals surface area contributed by atoms with Gasteiger partial charge in [-0.1, -0.05) is 45.4 Å². The maximum absolute atomic E-state index is 15.7. The molecule has 5 aliphatic rings. The number of carbonyl (C=O) groups is 5. The van der Waals surface area contributed by atoms with Crippen molar-refractivity contribution in [2.75, 3.05) is 24.5 Å². The third-order valence-corrected chi connectivity index (χ3v) is 12.9. The Morgan fingerprint density at radius 2 is 1.60 bits per heavy atom. The normalized spacial score (nSPS) is 24.1. The molecule has 296 valence electrons. The fourth-order valence-corrected chi connectivity index (χ4v) is 10.2. The molecule has 4 heterocycles. The second-order valence-electron chi connectivity index (χ2n) is 17.2. The second-order valence-corrected chi connectivity index (χ2v) is 17.6. The number of imide groups is 2. The first kappa shape index (κ1) is 38.5. The zero-order valence-corrected chi connectivity index (χ0v) is 33.0. The van der Waals surface area contributed by atoms with E-state index in [1.165, 1.54) is 6.07 Å².